The van der Waals surface area contributed by atoms with E-state index in [-0.39, 0.29) is 22.4 Å². The molecular weight excluding hydrogens is 915 g/mol. The van der Waals surface area contributed by atoms with Gasteiger partial charge in [0.2, 0.25) is 0 Å². The molecule has 5 aromatic rings. The fraction of sp³-hybridized carbons (Fsp3) is 0.295. The first-order valence-corrected chi connectivity index (χ1v) is 24.3. The van der Waals surface area contributed by atoms with Crippen molar-refractivity contribution in [1.29, 1.82) is 0 Å². The smallest absolute Gasteiger partial charge is 0.336 e. The van der Waals surface area contributed by atoms with Crippen LogP contribution in [0.1, 0.15) is 125 Å². The van der Waals surface area contributed by atoms with Crippen LogP contribution in [0.4, 0.5) is 0 Å². The average Bonchev–Trinajstić information content (AvgIpc) is 3.90. The van der Waals surface area contributed by atoms with Crippen molar-refractivity contribution in [3.05, 3.63) is 182 Å². The number of ketones is 2. The van der Waals surface area contributed by atoms with Gasteiger partial charge in [0.05, 0.1) is 37.3 Å². The highest BCUT2D eigenvalue weighted by atomic mass is 16.5. The lowest BCUT2D eigenvalue weighted by Crippen LogP contribution is -2.39. The Morgan fingerprint density at radius 2 is 1.11 bits per heavy atom. The first kappa shape index (κ1) is 52.5. The van der Waals surface area contributed by atoms with Gasteiger partial charge in [-0.3, -0.25) is 14.4 Å². The van der Waals surface area contributed by atoms with Crippen molar-refractivity contribution in [3.8, 4) is 41.6 Å². The molecule has 4 aliphatic rings. The number of carbonyl (C=O) groups is 5. The number of allylic oxidation sites excluding steroid dienone is 6. The highest BCUT2D eigenvalue weighted by Crippen LogP contribution is 2.49. The van der Waals surface area contributed by atoms with E-state index in [1.807, 2.05) is 98.9 Å². The first-order valence-electron chi connectivity index (χ1n) is 24.3. The van der Waals surface area contributed by atoms with Crippen molar-refractivity contribution in [1.82, 2.24) is 25.6 Å². The molecule has 2 aliphatic heterocycles. The molecule has 12 heteroatoms. The van der Waals surface area contributed by atoms with Crippen molar-refractivity contribution < 1.29 is 33.4 Å². The molecule has 12 nitrogen and oxygen atoms in total. The molecule has 0 saturated carbocycles. The molecule has 9 rings (SSSR count). The Bertz CT molecular complexity index is 3150. The minimum atomic E-state index is -0.471. The Morgan fingerprint density at radius 1 is 0.671 bits per heavy atom. The Kier molecular flexibility index (Phi) is 16.1. The third-order valence-electron chi connectivity index (χ3n) is 13.4. The van der Waals surface area contributed by atoms with Crippen molar-refractivity contribution in [2.24, 2.45) is 10.8 Å². The fourth-order valence-corrected chi connectivity index (χ4v) is 10.0. The lowest BCUT2D eigenvalue weighted by Gasteiger charge is -2.39. The predicted molar refractivity (Wildman–Crippen MR) is 281 cm³/mol. The maximum atomic E-state index is 13.4. The predicted octanol–water partition coefficient (Wildman–Crippen LogP) is 10.4. The number of rotatable bonds is 9. The molecule has 0 radical (unpaired) electrons. The van der Waals surface area contributed by atoms with E-state index in [4.69, 9.17) is 22.3 Å². The number of aldehydes is 1. The molecule has 2 atom stereocenters. The van der Waals surface area contributed by atoms with Gasteiger partial charge < -0.3 is 20.1 Å². The second kappa shape index (κ2) is 22.4. The van der Waals surface area contributed by atoms with E-state index < -0.39 is 23.8 Å². The highest BCUT2D eigenvalue weighted by molar-refractivity contribution is 6.05. The zero-order valence-electron chi connectivity index (χ0n) is 42.7. The van der Waals surface area contributed by atoms with Crippen LogP contribution in [0.3, 0.4) is 0 Å². The summed E-state index contributed by atoms with van der Waals surface area (Å²) >= 11 is 0. The highest BCUT2D eigenvalue weighted by Gasteiger charge is 2.45. The van der Waals surface area contributed by atoms with Crippen molar-refractivity contribution in [3.63, 3.8) is 0 Å². The zero-order chi connectivity index (χ0) is 52.6. The molecule has 2 aliphatic carbocycles. The maximum absolute atomic E-state index is 13.4. The summed E-state index contributed by atoms with van der Waals surface area (Å²) in [6.07, 6.45) is 17.0. The molecular formula is C61H61N5O7. The number of nitrogens with zero attached hydrogens (tertiary/aromatic N) is 3. The molecule has 372 valence electrons. The summed E-state index contributed by atoms with van der Waals surface area (Å²) in [5, 5.41) is 15.4. The Labute approximate surface area is 428 Å². The fourth-order valence-electron chi connectivity index (χ4n) is 10.0. The van der Waals surface area contributed by atoms with E-state index >= 15 is 0 Å². The van der Waals surface area contributed by atoms with Gasteiger partial charge in [0.15, 0.2) is 11.6 Å². The van der Waals surface area contributed by atoms with Gasteiger partial charge in [-0.05, 0) is 84.0 Å². The number of dihydropyridines is 2. The largest absolute Gasteiger partial charge is 0.466 e. The number of carbonyl (C=O) groups excluding carboxylic acids is 5. The second-order valence-corrected chi connectivity index (χ2v) is 19.9. The summed E-state index contributed by atoms with van der Waals surface area (Å²) in [4.78, 5) is 62.3. The summed E-state index contributed by atoms with van der Waals surface area (Å²) in [6.45, 7) is 12.4. The van der Waals surface area contributed by atoms with Crippen LogP contribution < -0.4 is 10.6 Å². The summed E-state index contributed by atoms with van der Waals surface area (Å²) in [7, 11) is 2.76. The molecule has 3 heterocycles. The number of hydrogen-bond donors (Lipinski definition) is 2. The molecule has 0 saturated heterocycles. The average molecular weight is 976 g/mol. The van der Waals surface area contributed by atoms with Crippen molar-refractivity contribution >= 4 is 29.8 Å². The summed E-state index contributed by atoms with van der Waals surface area (Å²) in [6, 6.07) is 32.1. The third-order valence-corrected chi connectivity index (χ3v) is 13.4. The lowest BCUT2D eigenvalue weighted by atomic mass is 9.68. The topological polar surface area (TPSA) is 159 Å². The molecule has 73 heavy (non-hydrogen) atoms. The molecule has 0 bridgehead atoms. The van der Waals surface area contributed by atoms with Crippen LogP contribution in [0.2, 0.25) is 0 Å². The number of esters is 2. The Hall–Kier alpha value is -8.35. The van der Waals surface area contributed by atoms with E-state index in [9.17, 15) is 24.0 Å². The molecule has 2 unspecified atom stereocenters. The lowest BCUT2D eigenvalue weighted by molar-refractivity contribution is -0.137. The molecule has 1 aromatic heterocycles. The van der Waals surface area contributed by atoms with Gasteiger partial charge in [-0.2, -0.15) is 0 Å². The first-order chi connectivity index (χ1) is 35.0. The standard InChI is InChI=1S/C29H30N4O3.C23H25NO3.C9H6O/c1-5-21-27(28(35)36-4)25(26-22(30-21)15-29(2,3)16-24(26)34)19-13-11-18(12-14-19)23-17-33(32-31-23)20-9-7-6-8-10-20;1-6-14-8-10-15(11-9-14)19-20-17(12-23(3,4)13-18(20)25)24-16(7-2)21(19)22(26)27-5;1-2-8-3-5-9(7-10)6-4-8/h6-14,17,25,30H,5,15-16H2,1-4H3;1,8-11,19,24H,7,12-13H2,2-5H3;1,3-7H. The van der Waals surface area contributed by atoms with E-state index in [0.717, 1.165) is 81.1 Å². The van der Waals surface area contributed by atoms with Gasteiger partial charge in [-0.25, -0.2) is 14.3 Å². The van der Waals surface area contributed by atoms with E-state index in [0.29, 0.717) is 53.5 Å². The number of benzene rings is 4. The SMILES string of the molecule is C#Cc1ccc(C2C3=C(CC(C)(C)CC3=O)NC(CC)=C2C(=O)OC)cc1.C#Cc1ccc(C=O)cc1.CCC1=C(C(=O)OC)C(c2ccc(-c3cn(-c4ccccc4)nn3)cc2)C2=C(CC(C)(C)CC2=O)N1. The normalized spacial score (nSPS) is 18.4. The Balaban J connectivity index is 0.000000185. The van der Waals surface area contributed by atoms with Crippen molar-refractivity contribution in [2.75, 3.05) is 14.2 Å². The van der Waals surface area contributed by atoms with Gasteiger partial charge in [0.1, 0.15) is 12.0 Å². The minimum absolute atomic E-state index is 0.0742. The summed E-state index contributed by atoms with van der Waals surface area (Å²) < 4.78 is 12.0. The number of ether oxygens (including phenoxy) is 2. The van der Waals surface area contributed by atoms with Gasteiger partial charge >= 0.3 is 11.9 Å². The second-order valence-electron chi connectivity index (χ2n) is 19.9. The number of methoxy groups -OCH3 is 2. The zero-order valence-corrected chi connectivity index (χ0v) is 42.7. The van der Waals surface area contributed by atoms with Gasteiger partial charge in [0.25, 0.3) is 0 Å². The van der Waals surface area contributed by atoms with Crippen LogP contribution in [0.5, 0.6) is 0 Å². The monoisotopic (exact) mass is 975 g/mol. The summed E-state index contributed by atoms with van der Waals surface area (Å²) in [5.74, 6) is 3.50. The number of para-hydroxylation sites is 1. The van der Waals surface area contributed by atoms with Crippen LogP contribution >= 0.6 is 0 Å². The number of hydrogen-bond acceptors (Lipinski definition) is 11. The molecule has 0 spiro atoms. The van der Waals surface area contributed by atoms with E-state index in [1.54, 1.807) is 28.9 Å². The van der Waals surface area contributed by atoms with Crippen molar-refractivity contribution in [2.45, 2.75) is 91.9 Å². The number of terminal acetylenes is 2. The van der Waals surface area contributed by atoms with Gasteiger partial charge in [-0.1, -0.05) is 125 Å². The van der Waals surface area contributed by atoms with Gasteiger partial charge in [0, 0.05) is 80.9 Å². The minimum Gasteiger partial charge on any atom is -0.466 e. The maximum Gasteiger partial charge on any atom is 0.336 e. The summed E-state index contributed by atoms with van der Waals surface area (Å²) in [5.41, 5.74) is 12.1. The third kappa shape index (κ3) is 11.6. The number of Topliss-reactive ketones (excluding diaryl/α,β-unsaturated/α-hetero) is 2. The van der Waals surface area contributed by atoms with Crippen LogP contribution in [0.15, 0.2) is 154 Å². The van der Waals surface area contributed by atoms with Crippen LogP contribution in [0, 0.1) is 35.5 Å². The molecule has 2 N–H and O–H groups in total. The van der Waals surface area contributed by atoms with Crippen LogP contribution in [-0.4, -0.2) is 59.0 Å². The molecule has 4 aromatic carbocycles. The Morgan fingerprint density at radius 3 is 1.52 bits per heavy atom. The van der Waals surface area contributed by atoms with Crippen LogP contribution in [0.25, 0.3) is 16.9 Å². The van der Waals surface area contributed by atoms with E-state index in [2.05, 4.69) is 60.5 Å². The quantitative estimate of drug-likeness (QED) is 0.0823. The van der Waals surface area contributed by atoms with E-state index in [1.165, 1.54) is 14.2 Å². The van der Waals surface area contributed by atoms with Crippen LogP contribution in [-0.2, 0) is 28.7 Å². The van der Waals surface area contributed by atoms with Gasteiger partial charge in [-0.15, -0.1) is 17.9 Å². The molecule has 0 amide bonds. The number of nitrogens with one attached hydrogen (secondary N) is 2. The number of aromatic nitrogens is 3. The molecule has 0 fully saturated rings.